The van der Waals surface area contributed by atoms with E-state index >= 15 is 0 Å². The lowest BCUT2D eigenvalue weighted by molar-refractivity contribution is 0.103. The lowest BCUT2D eigenvalue weighted by atomic mass is 9.99. The lowest BCUT2D eigenvalue weighted by Crippen LogP contribution is -2.05. The summed E-state index contributed by atoms with van der Waals surface area (Å²) in [5.74, 6) is 0.649. The lowest BCUT2D eigenvalue weighted by Gasteiger charge is -2.10. The number of pyridine rings is 1. The van der Waals surface area contributed by atoms with E-state index in [4.69, 9.17) is 11.6 Å². The molecule has 0 aliphatic rings. The molecule has 0 aliphatic carbocycles. The van der Waals surface area contributed by atoms with Gasteiger partial charge in [-0.15, -0.1) is 0 Å². The molecule has 0 atom stereocenters. The van der Waals surface area contributed by atoms with Gasteiger partial charge < -0.3 is 5.32 Å². The van der Waals surface area contributed by atoms with Crippen LogP contribution in [-0.4, -0.2) is 10.8 Å². The van der Waals surface area contributed by atoms with Crippen molar-refractivity contribution in [3.63, 3.8) is 0 Å². The molecule has 4 aromatic rings. The van der Waals surface area contributed by atoms with Gasteiger partial charge in [-0.05, 0) is 48.9 Å². The van der Waals surface area contributed by atoms with Crippen molar-refractivity contribution in [1.82, 2.24) is 4.98 Å². The Kier molecular flexibility index (Phi) is 4.61. The standard InChI is InChI=1S/C23H17ClN2O/c1-15-6-2-4-8-18(15)23(27)19-12-11-17(14-20(19)24)25-22-13-10-16-7-3-5-9-21(16)26-22/h2-14H,1H3,(H,25,26). The van der Waals surface area contributed by atoms with Gasteiger partial charge in [0.25, 0.3) is 0 Å². The minimum Gasteiger partial charge on any atom is -0.340 e. The van der Waals surface area contributed by atoms with Crippen LogP contribution in [0.2, 0.25) is 5.02 Å². The minimum atomic E-state index is -0.0755. The van der Waals surface area contributed by atoms with E-state index in [2.05, 4.69) is 10.3 Å². The van der Waals surface area contributed by atoms with Gasteiger partial charge in [0.15, 0.2) is 5.78 Å². The number of rotatable bonds is 4. The van der Waals surface area contributed by atoms with Crippen molar-refractivity contribution in [2.24, 2.45) is 0 Å². The van der Waals surface area contributed by atoms with Crippen LogP contribution in [0.25, 0.3) is 10.9 Å². The highest BCUT2D eigenvalue weighted by molar-refractivity contribution is 6.35. The van der Waals surface area contributed by atoms with Crippen LogP contribution in [-0.2, 0) is 0 Å². The zero-order chi connectivity index (χ0) is 18.8. The number of nitrogens with one attached hydrogen (secondary N) is 1. The fraction of sp³-hybridized carbons (Fsp3) is 0.0435. The summed E-state index contributed by atoms with van der Waals surface area (Å²) in [4.78, 5) is 17.4. The number of aryl methyl sites for hydroxylation is 1. The Balaban J connectivity index is 1.61. The predicted molar refractivity (Wildman–Crippen MR) is 111 cm³/mol. The molecule has 1 N–H and O–H groups in total. The Bertz CT molecular complexity index is 1150. The van der Waals surface area contributed by atoms with E-state index in [9.17, 15) is 4.79 Å². The number of aromatic nitrogens is 1. The molecule has 132 valence electrons. The average molecular weight is 373 g/mol. The summed E-state index contributed by atoms with van der Waals surface area (Å²) in [6.45, 7) is 1.92. The van der Waals surface area contributed by atoms with Gasteiger partial charge in [0.2, 0.25) is 0 Å². The quantitative estimate of drug-likeness (QED) is 0.435. The van der Waals surface area contributed by atoms with Crippen LogP contribution in [0.3, 0.4) is 0 Å². The molecular formula is C23H17ClN2O. The summed E-state index contributed by atoms with van der Waals surface area (Å²) in [5, 5.41) is 4.74. The van der Waals surface area contributed by atoms with Crippen molar-refractivity contribution in [1.29, 1.82) is 0 Å². The molecule has 27 heavy (non-hydrogen) atoms. The van der Waals surface area contributed by atoms with Crippen LogP contribution < -0.4 is 5.32 Å². The topological polar surface area (TPSA) is 42.0 Å². The second-order valence-electron chi connectivity index (χ2n) is 6.35. The van der Waals surface area contributed by atoms with E-state index in [0.717, 1.165) is 28.0 Å². The highest BCUT2D eigenvalue weighted by Gasteiger charge is 2.15. The summed E-state index contributed by atoms with van der Waals surface area (Å²) in [6, 6.07) is 24.7. The Labute approximate surface area is 162 Å². The molecular weight excluding hydrogens is 356 g/mol. The van der Waals surface area contributed by atoms with E-state index in [1.807, 2.05) is 73.7 Å². The Morgan fingerprint density at radius 3 is 2.48 bits per heavy atom. The van der Waals surface area contributed by atoms with Crippen molar-refractivity contribution in [3.05, 3.63) is 101 Å². The molecule has 0 bridgehead atoms. The van der Waals surface area contributed by atoms with Gasteiger partial charge in [0.1, 0.15) is 5.82 Å². The largest absolute Gasteiger partial charge is 0.340 e. The summed E-state index contributed by atoms with van der Waals surface area (Å²) in [6.07, 6.45) is 0. The van der Waals surface area contributed by atoms with E-state index in [-0.39, 0.29) is 5.78 Å². The fourth-order valence-corrected chi connectivity index (χ4v) is 3.30. The Morgan fingerprint density at radius 1 is 0.889 bits per heavy atom. The summed E-state index contributed by atoms with van der Waals surface area (Å²) >= 11 is 6.41. The van der Waals surface area contributed by atoms with Crippen LogP contribution in [0.1, 0.15) is 21.5 Å². The average Bonchev–Trinajstić information content (AvgIpc) is 2.68. The highest BCUT2D eigenvalue weighted by Crippen LogP contribution is 2.26. The van der Waals surface area contributed by atoms with Crippen LogP contribution in [0.5, 0.6) is 0 Å². The number of fused-ring (bicyclic) bond motifs is 1. The molecule has 0 amide bonds. The summed E-state index contributed by atoms with van der Waals surface area (Å²) < 4.78 is 0. The molecule has 3 aromatic carbocycles. The first-order valence-electron chi connectivity index (χ1n) is 8.64. The number of hydrogen-bond acceptors (Lipinski definition) is 3. The van der Waals surface area contributed by atoms with E-state index in [0.29, 0.717) is 16.1 Å². The van der Waals surface area contributed by atoms with Crippen molar-refractivity contribution >= 4 is 39.8 Å². The molecule has 1 heterocycles. The van der Waals surface area contributed by atoms with Gasteiger partial charge in [-0.25, -0.2) is 4.98 Å². The maximum Gasteiger partial charge on any atom is 0.194 e. The molecule has 0 spiro atoms. The number of carbonyl (C=O) groups is 1. The highest BCUT2D eigenvalue weighted by atomic mass is 35.5. The molecule has 0 saturated heterocycles. The Hall–Kier alpha value is -3.17. The molecule has 4 heteroatoms. The number of hydrogen-bond donors (Lipinski definition) is 1. The number of carbonyl (C=O) groups excluding carboxylic acids is 1. The van der Waals surface area contributed by atoms with Crippen molar-refractivity contribution in [2.45, 2.75) is 6.92 Å². The molecule has 0 unspecified atom stereocenters. The van der Waals surface area contributed by atoms with Crippen molar-refractivity contribution in [3.8, 4) is 0 Å². The number of ketones is 1. The molecule has 0 radical (unpaired) electrons. The monoisotopic (exact) mass is 372 g/mol. The van der Waals surface area contributed by atoms with Gasteiger partial charge in [0, 0.05) is 22.2 Å². The molecule has 0 aliphatic heterocycles. The second kappa shape index (κ2) is 7.22. The zero-order valence-corrected chi connectivity index (χ0v) is 15.5. The van der Waals surface area contributed by atoms with Crippen LogP contribution >= 0.6 is 11.6 Å². The number of halogens is 1. The third kappa shape index (κ3) is 3.55. The van der Waals surface area contributed by atoms with E-state index in [1.165, 1.54) is 0 Å². The summed E-state index contributed by atoms with van der Waals surface area (Å²) in [7, 11) is 0. The Morgan fingerprint density at radius 2 is 1.67 bits per heavy atom. The molecule has 3 nitrogen and oxygen atoms in total. The van der Waals surface area contributed by atoms with Crippen LogP contribution in [0.4, 0.5) is 11.5 Å². The summed E-state index contributed by atoms with van der Waals surface area (Å²) in [5.41, 5.74) is 3.78. The maximum absolute atomic E-state index is 12.8. The van der Waals surface area contributed by atoms with Crippen molar-refractivity contribution in [2.75, 3.05) is 5.32 Å². The fourth-order valence-electron chi connectivity index (χ4n) is 3.03. The first-order chi connectivity index (χ1) is 13.1. The maximum atomic E-state index is 12.8. The van der Waals surface area contributed by atoms with Gasteiger partial charge in [0.05, 0.1) is 10.5 Å². The third-order valence-corrected chi connectivity index (χ3v) is 4.79. The second-order valence-corrected chi connectivity index (χ2v) is 6.76. The predicted octanol–water partition coefficient (Wildman–Crippen LogP) is 6.17. The number of para-hydroxylation sites is 1. The number of anilines is 2. The van der Waals surface area contributed by atoms with E-state index < -0.39 is 0 Å². The smallest absolute Gasteiger partial charge is 0.194 e. The van der Waals surface area contributed by atoms with E-state index in [1.54, 1.807) is 12.1 Å². The van der Waals surface area contributed by atoms with Crippen LogP contribution in [0, 0.1) is 6.92 Å². The van der Waals surface area contributed by atoms with Crippen molar-refractivity contribution < 1.29 is 4.79 Å². The SMILES string of the molecule is Cc1ccccc1C(=O)c1ccc(Nc2ccc3ccccc3n2)cc1Cl. The third-order valence-electron chi connectivity index (χ3n) is 4.47. The first kappa shape index (κ1) is 17.3. The number of nitrogens with zero attached hydrogens (tertiary/aromatic N) is 1. The van der Waals surface area contributed by atoms with Gasteiger partial charge in [-0.1, -0.05) is 54.1 Å². The molecule has 1 aromatic heterocycles. The van der Waals surface area contributed by atoms with Crippen LogP contribution in [0.15, 0.2) is 78.9 Å². The van der Waals surface area contributed by atoms with Gasteiger partial charge >= 0.3 is 0 Å². The minimum absolute atomic E-state index is 0.0755. The zero-order valence-electron chi connectivity index (χ0n) is 14.7. The van der Waals surface area contributed by atoms with Gasteiger partial charge in [-0.3, -0.25) is 4.79 Å². The number of benzene rings is 3. The molecule has 0 fully saturated rings. The molecule has 4 rings (SSSR count). The normalized spacial score (nSPS) is 10.7. The first-order valence-corrected chi connectivity index (χ1v) is 9.02. The molecule has 0 saturated carbocycles. The van der Waals surface area contributed by atoms with Gasteiger partial charge in [-0.2, -0.15) is 0 Å².